The Bertz CT molecular complexity index is 494. The molecule has 0 bridgehead atoms. The van der Waals surface area contributed by atoms with E-state index in [1.807, 2.05) is 14.1 Å². The zero-order valence-electron chi connectivity index (χ0n) is 9.41. The van der Waals surface area contributed by atoms with Crippen molar-refractivity contribution in [1.29, 1.82) is 0 Å². The summed E-state index contributed by atoms with van der Waals surface area (Å²) in [4.78, 5) is 25.6. The highest BCUT2D eigenvalue weighted by Gasteiger charge is 2.09. The summed E-state index contributed by atoms with van der Waals surface area (Å²) in [6.07, 6.45) is 4.61. The van der Waals surface area contributed by atoms with Gasteiger partial charge in [0.05, 0.1) is 5.56 Å². The summed E-state index contributed by atoms with van der Waals surface area (Å²) in [5.41, 5.74) is 0.408. The van der Waals surface area contributed by atoms with Gasteiger partial charge in [0.2, 0.25) is 5.95 Å². The smallest absolute Gasteiger partial charge is 0.260 e. The highest BCUT2D eigenvalue weighted by molar-refractivity contribution is 7.13. The van der Waals surface area contributed by atoms with Gasteiger partial charge < -0.3 is 4.90 Å². The minimum absolute atomic E-state index is 0.259. The van der Waals surface area contributed by atoms with Gasteiger partial charge in [0.25, 0.3) is 5.91 Å². The Morgan fingerprint density at radius 3 is 2.53 bits per heavy atom. The van der Waals surface area contributed by atoms with Gasteiger partial charge in [-0.1, -0.05) is 0 Å². The second-order valence-electron chi connectivity index (χ2n) is 3.46. The predicted molar refractivity (Wildman–Crippen MR) is 66.4 cm³/mol. The maximum atomic E-state index is 11.8. The van der Waals surface area contributed by atoms with Crippen molar-refractivity contribution in [1.82, 2.24) is 15.0 Å². The van der Waals surface area contributed by atoms with Crippen LogP contribution in [-0.4, -0.2) is 35.0 Å². The number of nitrogens with zero attached hydrogens (tertiary/aromatic N) is 4. The van der Waals surface area contributed by atoms with E-state index in [1.165, 1.54) is 23.7 Å². The van der Waals surface area contributed by atoms with Crippen molar-refractivity contribution >= 4 is 28.3 Å². The lowest BCUT2D eigenvalue weighted by Crippen LogP contribution is -2.16. The van der Waals surface area contributed by atoms with E-state index in [-0.39, 0.29) is 5.91 Å². The summed E-state index contributed by atoms with van der Waals surface area (Å²) in [5, 5.41) is 5.02. The van der Waals surface area contributed by atoms with Crippen LogP contribution in [0.3, 0.4) is 0 Å². The molecule has 0 atom stereocenters. The van der Waals surface area contributed by atoms with Crippen LogP contribution in [0.25, 0.3) is 0 Å². The quantitative estimate of drug-likeness (QED) is 0.886. The van der Waals surface area contributed by atoms with E-state index in [0.29, 0.717) is 16.6 Å². The zero-order chi connectivity index (χ0) is 12.3. The van der Waals surface area contributed by atoms with Crippen LogP contribution in [0, 0.1) is 0 Å². The van der Waals surface area contributed by atoms with E-state index in [1.54, 1.807) is 16.5 Å². The van der Waals surface area contributed by atoms with E-state index >= 15 is 0 Å². The van der Waals surface area contributed by atoms with Crippen molar-refractivity contribution in [2.45, 2.75) is 0 Å². The Kier molecular flexibility index (Phi) is 3.29. The molecule has 0 aliphatic carbocycles. The molecule has 0 saturated carbocycles. The van der Waals surface area contributed by atoms with Crippen molar-refractivity contribution in [3.05, 3.63) is 29.5 Å². The van der Waals surface area contributed by atoms with Crippen LogP contribution in [-0.2, 0) is 0 Å². The van der Waals surface area contributed by atoms with Crippen LogP contribution in [0.15, 0.2) is 24.0 Å². The first-order chi connectivity index (χ1) is 8.16. The van der Waals surface area contributed by atoms with E-state index < -0.39 is 0 Å². The number of thiazole rings is 1. The number of carbonyl (C=O) groups excluding carboxylic acids is 1. The second kappa shape index (κ2) is 4.88. The fraction of sp³-hybridized carbons (Fsp3) is 0.200. The molecule has 0 spiro atoms. The molecule has 17 heavy (non-hydrogen) atoms. The first-order valence-electron chi connectivity index (χ1n) is 4.87. The molecular formula is C10H11N5OS. The van der Waals surface area contributed by atoms with E-state index in [0.717, 1.165) is 0 Å². The van der Waals surface area contributed by atoms with Gasteiger partial charge in [0, 0.05) is 38.1 Å². The minimum Gasteiger partial charge on any atom is -0.347 e. The van der Waals surface area contributed by atoms with Gasteiger partial charge in [0.15, 0.2) is 5.13 Å². The van der Waals surface area contributed by atoms with Gasteiger partial charge in [-0.05, 0) is 0 Å². The predicted octanol–water partition coefficient (Wildman–Crippen LogP) is 1.25. The topological polar surface area (TPSA) is 71.0 Å². The monoisotopic (exact) mass is 249 g/mol. The van der Waals surface area contributed by atoms with Gasteiger partial charge >= 0.3 is 0 Å². The summed E-state index contributed by atoms with van der Waals surface area (Å²) in [7, 11) is 3.68. The van der Waals surface area contributed by atoms with Crippen LogP contribution < -0.4 is 10.2 Å². The molecule has 0 aliphatic heterocycles. The summed E-state index contributed by atoms with van der Waals surface area (Å²) < 4.78 is 0. The zero-order valence-corrected chi connectivity index (χ0v) is 10.2. The molecule has 1 N–H and O–H groups in total. The molecule has 1 amide bonds. The van der Waals surface area contributed by atoms with Crippen molar-refractivity contribution in [2.24, 2.45) is 0 Å². The van der Waals surface area contributed by atoms with Gasteiger partial charge in [-0.15, -0.1) is 11.3 Å². The molecule has 2 rings (SSSR count). The van der Waals surface area contributed by atoms with Crippen LogP contribution in [0.2, 0.25) is 0 Å². The maximum Gasteiger partial charge on any atom is 0.260 e. The highest BCUT2D eigenvalue weighted by Crippen LogP contribution is 2.12. The van der Waals surface area contributed by atoms with Gasteiger partial charge in [-0.25, -0.2) is 15.0 Å². The lowest BCUT2D eigenvalue weighted by Gasteiger charge is -2.09. The molecule has 0 aromatic carbocycles. The molecule has 0 aliphatic rings. The second-order valence-corrected chi connectivity index (χ2v) is 4.35. The van der Waals surface area contributed by atoms with Crippen LogP contribution in [0.1, 0.15) is 10.4 Å². The Hall–Kier alpha value is -2.02. The molecule has 7 heteroatoms. The number of anilines is 2. The maximum absolute atomic E-state index is 11.8. The fourth-order valence-electron chi connectivity index (χ4n) is 1.12. The van der Waals surface area contributed by atoms with Crippen molar-refractivity contribution < 1.29 is 4.79 Å². The van der Waals surface area contributed by atoms with Crippen molar-refractivity contribution in [3.8, 4) is 0 Å². The van der Waals surface area contributed by atoms with Gasteiger partial charge in [-0.3, -0.25) is 10.1 Å². The van der Waals surface area contributed by atoms with Crippen LogP contribution in [0.4, 0.5) is 11.1 Å². The van der Waals surface area contributed by atoms with Crippen LogP contribution in [0.5, 0.6) is 0 Å². The average molecular weight is 249 g/mol. The van der Waals surface area contributed by atoms with E-state index in [2.05, 4.69) is 20.3 Å². The van der Waals surface area contributed by atoms with Gasteiger partial charge in [-0.2, -0.15) is 0 Å². The molecular weight excluding hydrogens is 238 g/mol. The SMILES string of the molecule is CN(C)c1ncc(C(=O)Nc2nccs2)cn1. The van der Waals surface area contributed by atoms with E-state index in [9.17, 15) is 4.79 Å². The van der Waals surface area contributed by atoms with Gasteiger partial charge in [0.1, 0.15) is 0 Å². The van der Waals surface area contributed by atoms with Crippen molar-refractivity contribution in [3.63, 3.8) is 0 Å². The number of carbonyl (C=O) groups is 1. The highest BCUT2D eigenvalue weighted by atomic mass is 32.1. The molecule has 2 heterocycles. The Morgan fingerprint density at radius 1 is 1.29 bits per heavy atom. The molecule has 2 aromatic heterocycles. The largest absolute Gasteiger partial charge is 0.347 e. The Labute approximate surface area is 102 Å². The number of hydrogen-bond acceptors (Lipinski definition) is 6. The number of amides is 1. The third-order valence-corrected chi connectivity index (χ3v) is 2.64. The third kappa shape index (κ3) is 2.76. The number of hydrogen-bond donors (Lipinski definition) is 1. The molecule has 0 saturated heterocycles. The normalized spacial score (nSPS) is 10.0. The summed E-state index contributed by atoms with van der Waals surface area (Å²) >= 11 is 1.36. The average Bonchev–Trinajstić information content (AvgIpc) is 2.82. The third-order valence-electron chi connectivity index (χ3n) is 1.95. The number of nitrogens with one attached hydrogen (secondary N) is 1. The Balaban J connectivity index is 2.09. The van der Waals surface area contributed by atoms with Crippen molar-refractivity contribution in [2.75, 3.05) is 24.3 Å². The Morgan fingerprint density at radius 2 is 2.00 bits per heavy atom. The lowest BCUT2D eigenvalue weighted by molar-refractivity contribution is 0.102. The number of aromatic nitrogens is 3. The summed E-state index contributed by atoms with van der Waals surface area (Å²) in [6.45, 7) is 0. The molecule has 2 aromatic rings. The fourth-order valence-corrected chi connectivity index (χ4v) is 1.65. The molecule has 0 fully saturated rings. The summed E-state index contributed by atoms with van der Waals surface area (Å²) in [6, 6.07) is 0. The first kappa shape index (κ1) is 11.5. The first-order valence-corrected chi connectivity index (χ1v) is 5.75. The molecule has 6 nitrogen and oxygen atoms in total. The van der Waals surface area contributed by atoms with Crippen LogP contribution >= 0.6 is 11.3 Å². The lowest BCUT2D eigenvalue weighted by atomic mass is 10.3. The minimum atomic E-state index is -0.259. The summed E-state index contributed by atoms with van der Waals surface area (Å²) in [5.74, 6) is 0.307. The standard InChI is InChI=1S/C10H11N5OS/c1-15(2)9-12-5-7(6-13-9)8(16)14-10-11-3-4-17-10/h3-6H,1-2H3,(H,11,14,16). The molecule has 0 radical (unpaired) electrons. The number of rotatable bonds is 3. The molecule has 88 valence electrons. The molecule has 0 unspecified atom stereocenters. The van der Waals surface area contributed by atoms with E-state index in [4.69, 9.17) is 0 Å².